The molecule has 40 heavy (non-hydrogen) atoms. The van der Waals surface area contributed by atoms with Gasteiger partial charge in [0.2, 0.25) is 0 Å². The number of esters is 1. The Kier molecular flexibility index (Phi) is 6.72. The van der Waals surface area contributed by atoms with E-state index in [0.717, 1.165) is 44.1 Å². The van der Waals surface area contributed by atoms with Gasteiger partial charge in [-0.25, -0.2) is 0 Å². The number of benzene rings is 1. The van der Waals surface area contributed by atoms with Crippen molar-refractivity contribution < 1.29 is 14.3 Å². The molecular formula is C37H54O3. The number of carbonyl (C=O) groups is 2. The maximum absolute atomic E-state index is 14.2. The van der Waals surface area contributed by atoms with Gasteiger partial charge in [0, 0.05) is 11.8 Å². The average molecular weight is 547 g/mol. The van der Waals surface area contributed by atoms with Gasteiger partial charge >= 0.3 is 5.97 Å². The highest BCUT2D eigenvalue weighted by Gasteiger charge is 2.72. The first kappa shape index (κ1) is 28.5. The first-order chi connectivity index (χ1) is 18.8. The normalized spacial score (nSPS) is 45.7. The molecule has 220 valence electrons. The number of carbonyl (C=O) groups excluding carboxylic acids is 2. The van der Waals surface area contributed by atoms with Crippen molar-refractivity contribution in [2.75, 3.05) is 0 Å². The zero-order chi connectivity index (χ0) is 28.7. The summed E-state index contributed by atoms with van der Waals surface area (Å²) in [7, 11) is 0. The van der Waals surface area contributed by atoms with E-state index in [-0.39, 0.29) is 33.0 Å². The quantitative estimate of drug-likeness (QED) is 0.354. The van der Waals surface area contributed by atoms with Crippen molar-refractivity contribution >= 4 is 11.8 Å². The number of hydrogen-bond acceptors (Lipinski definition) is 3. The largest absolute Gasteiger partial charge is 0.460 e. The Morgan fingerprint density at radius 2 is 1.57 bits per heavy atom. The summed E-state index contributed by atoms with van der Waals surface area (Å²) in [5.74, 6) is 3.88. The summed E-state index contributed by atoms with van der Waals surface area (Å²) in [4.78, 5) is 27.2. The molecule has 0 spiro atoms. The maximum atomic E-state index is 14.2. The monoisotopic (exact) mass is 546 g/mol. The predicted molar refractivity (Wildman–Crippen MR) is 160 cm³/mol. The third kappa shape index (κ3) is 3.73. The van der Waals surface area contributed by atoms with Gasteiger partial charge in [0.05, 0.1) is 5.41 Å². The number of ketones is 1. The lowest BCUT2D eigenvalue weighted by Crippen LogP contribution is -2.66. The summed E-state index contributed by atoms with van der Waals surface area (Å²) < 4.78 is 6.19. The van der Waals surface area contributed by atoms with E-state index in [1.54, 1.807) is 0 Å². The fourth-order valence-electron chi connectivity index (χ4n) is 12.4. The third-order valence-corrected chi connectivity index (χ3v) is 14.7. The van der Waals surface area contributed by atoms with Gasteiger partial charge in [-0.1, -0.05) is 78.8 Å². The van der Waals surface area contributed by atoms with Crippen LogP contribution in [0.2, 0.25) is 0 Å². The fraction of sp³-hybridized carbons (Fsp3) is 0.784. The smallest absolute Gasteiger partial charge is 0.312 e. The molecule has 0 radical (unpaired) electrons. The Hall–Kier alpha value is -1.64. The fourth-order valence-corrected chi connectivity index (χ4v) is 12.4. The number of ether oxygens (including phenoxy) is 1. The zero-order valence-electron chi connectivity index (χ0n) is 26.4. The second kappa shape index (κ2) is 9.43. The van der Waals surface area contributed by atoms with Gasteiger partial charge in [0.15, 0.2) is 0 Å². The summed E-state index contributed by atoms with van der Waals surface area (Å²) in [5.41, 5.74) is 1.26. The lowest BCUT2D eigenvalue weighted by molar-refractivity contribution is -0.238. The van der Waals surface area contributed by atoms with Crippen LogP contribution in [0, 0.1) is 62.6 Å². The number of Topliss-reactive ketones (excluding diaryl/α,β-unsaturated/α-hetero) is 1. The van der Waals surface area contributed by atoms with Crippen molar-refractivity contribution in [3.05, 3.63) is 35.9 Å². The Balaban J connectivity index is 1.34. The van der Waals surface area contributed by atoms with Gasteiger partial charge in [-0.05, 0) is 115 Å². The average Bonchev–Trinajstić information content (AvgIpc) is 3.32. The molecule has 1 aromatic rings. The van der Waals surface area contributed by atoms with Crippen LogP contribution in [0.4, 0.5) is 0 Å². The Morgan fingerprint density at radius 3 is 2.27 bits per heavy atom. The van der Waals surface area contributed by atoms with Crippen molar-refractivity contribution in [1.29, 1.82) is 0 Å². The van der Waals surface area contributed by atoms with Crippen LogP contribution >= 0.6 is 0 Å². The van der Waals surface area contributed by atoms with Crippen LogP contribution in [0.5, 0.6) is 0 Å². The number of fused-ring (bicyclic) bond motifs is 7. The van der Waals surface area contributed by atoms with Crippen molar-refractivity contribution in [2.24, 2.45) is 62.6 Å². The molecule has 0 bridgehead atoms. The summed E-state index contributed by atoms with van der Waals surface area (Å²) in [6.07, 6.45) is 11.0. The number of rotatable bonds is 4. The van der Waals surface area contributed by atoms with Gasteiger partial charge in [-0.2, -0.15) is 0 Å². The minimum absolute atomic E-state index is 0.0852. The van der Waals surface area contributed by atoms with Gasteiger partial charge in [0.1, 0.15) is 12.4 Å². The topological polar surface area (TPSA) is 43.4 Å². The van der Waals surface area contributed by atoms with Gasteiger partial charge in [-0.15, -0.1) is 0 Å². The molecule has 0 aliphatic heterocycles. The molecule has 5 aliphatic carbocycles. The molecule has 9 atom stereocenters. The van der Waals surface area contributed by atoms with Gasteiger partial charge < -0.3 is 4.74 Å². The third-order valence-electron chi connectivity index (χ3n) is 14.7. The molecule has 5 fully saturated rings. The van der Waals surface area contributed by atoms with Gasteiger partial charge in [0.25, 0.3) is 0 Å². The van der Waals surface area contributed by atoms with Crippen LogP contribution in [0.3, 0.4) is 0 Å². The van der Waals surface area contributed by atoms with E-state index in [2.05, 4.69) is 60.6 Å². The predicted octanol–water partition coefficient (Wildman–Crippen LogP) is 9.04. The molecule has 5 aliphatic rings. The minimum atomic E-state index is -0.322. The van der Waals surface area contributed by atoms with E-state index >= 15 is 0 Å². The van der Waals surface area contributed by atoms with Crippen LogP contribution in [0.25, 0.3) is 0 Å². The van der Waals surface area contributed by atoms with E-state index in [9.17, 15) is 9.59 Å². The Labute approximate surface area is 243 Å². The van der Waals surface area contributed by atoms with Crippen LogP contribution in [0.1, 0.15) is 118 Å². The lowest BCUT2D eigenvalue weighted by atomic mass is 9.32. The first-order valence-electron chi connectivity index (χ1n) is 16.6. The van der Waals surface area contributed by atoms with E-state index in [1.807, 2.05) is 18.2 Å². The summed E-state index contributed by atoms with van der Waals surface area (Å²) in [6.45, 7) is 17.5. The second-order valence-electron chi connectivity index (χ2n) is 16.5. The zero-order valence-corrected chi connectivity index (χ0v) is 26.4. The standard InChI is InChI=1S/C37H54O3/c1-24(2)26-15-20-37(32(39)40-23-25-11-9-8-10-12-25)22-21-35(6)27(31(26)37)13-14-29-34(5)18-17-30(38)33(3,4)28(34)16-19-36(29,35)7/h8-12,24,26-29,31H,13-23H2,1-7H3/t26-,27?,28-,29+,31-,34-,35+,36+,37-/m0/s1. The molecule has 5 saturated carbocycles. The molecule has 0 saturated heterocycles. The van der Waals surface area contributed by atoms with Crippen molar-refractivity contribution in [3.8, 4) is 0 Å². The van der Waals surface area contributed by atoms with E-state index in [0.29, 0.717) is 47.9 Å². The first-order valence-corrected chi connectivity index (χ1v) is 16.6. The Morgan fingerprint density at radius 1 is 0.850 bits per heavy atom. The van der Waals surface area contributed by atoms with E-state index in [4.69, 9.17) is 4.74 Å². The molecule has 0 aromatic heterocycles. The Bertz CT molecular complexity index is 1150. The van der Waals surface area contributed by atoms with Crippen LogP contribution in [-0.2, 0) is 20.9 Å². The van der Waals surface area contributed by atoms with Crippen molar-refractivity contribution in [1.82, 2.24) is 0 Å². The molecule has 1 aromatic carbocycles. The summed E-state index contributed by atoms with van der Waals surface area (Å²) in [5, 5.41) is 0. The highest BCUT2D eigenvalue weighted by molar-refractivity contribution is 5.85. The second-order valence-corrected chi connectivity index (χ2v) is 16.5. The van der Waals surface area contributed by atoms with Crippen LogP contribution in [0.15, 0.2) is 30.3 Å². The molecule has 0 N–H and O–H groups in total. The number of hydrogen-bond donors (Lipinski definition) is 0. The molecule has 6 rings (SSSR count). The van der Waals surface area contributed by atoms with Crippen molar-refractivity contribution in [3.63, 3.8) is 0 Å². The molecule has 1 unspecified atom stereocenters. The molecule has 0 amide bonds. The molecule has 3 heteroatoms. The summed E-state index contributed by atoms with van der Waals surface area (Å²) in [6, 6.07) is 10.2. The van der Waals surface area contributed by atoms with Crippen LogP contribution in [-0.4, -0.2) is 11.8 Å². The maximum Gasteiger partial charge on any atom is 0.312 e. The summed E-state index contributed by atoms with van der Waals surface area (Å²) >= 11 is 0. The van der Waals surface area contributed by atoms with Crippen LogP contribution < -0.4 is 0 Å². The minimum Gasteiger partial charge on any atom is -0.460 e. The van der Waals surface area contributed by atoms with Crippen molar-refractivity contribution in [2.45, 2.75) is 119 Å². The molecule has 3 nitrogen and oxygen atoms in total. The van der Waals surface area contributed by atoms with E-state index < -0.39 is 0 Å². The molecular weight excluding hydrogens is 492 g/mol. The lowest BCUT2D eigenvalue weighted by Gasteiger charge is -2.72. The van der Waals surface area contributed by atoms with Gasteiger partial charge in [-0.3, -0.25) is 9.59 Å². The SMILES string of the molecule is CC(C)[C@@H]1CC[C@]2(C(=O)OCc3ccccc3)CC[C@]3(C)C(CC[C@@H]4[C@@]5(C)CCC(=O)C(C)(C)[C@@H]5CC[C@]43C)[C@H]12. The highest BCUT2D eigenvalue weighted by atomic mass is 16.5. The van der Waals surface area contributed by atoms with E-state index in [1.165, 1.54) is 25.7 Å². The molecule has 0 heterocycles. The highest BCUT2D eigenvalue weighted by Crippen LogP contribution is 2.77.